The van der Waals surface area contributed by atoms with Crippen molar-refractivity contribution >= 4 is 21.4 Å². The van der Waals surface area contributed by atoms with Crippen molar-refractivity contribution in [2.24, 2.45) is 5.73 Å². The largest absolute Gasteiger partial charge is 0.383 e. The van der Waals surface area contributed by atoms with E-state index >= 15 is 0 Å². The molecule has 0 aromatic carbocycles. The molecule has 1 atom stereocenters. The topological polar surface area (TPSA) is 83.3 Å². The van der Waals surface area contributed by atoms with Crippen LogP contribution in [-0.2, 0) is 11.3 Å². The second kappa shape index (κ2) is 5.92. The maximum absolute atomic E-state index is 6.43. The molecule has 0 radical (unpaired) electrons. The minimum absolute atomic E-state index is 0.347. The van der Waals surface area contributed by atoms with E-state index in [1.165, 1.54) is 0 Å². The summed E-state index contributed by atoms with van der Waals surface area (Å²) in [6.07, 6.45) is 8.75. The van der Waals surface area contributed by atoms with Crippen LogP contribution in [0.5, 0.6) is 0 Å². The number of ether oxygens (including phenoxy) is 1. The van der Waals surface area contributed by atoms with Crippen molar-refractivity contribution in [3.63, 3.8) is 0 Å². The molecule has 3 aromatic heterocycles. The number of nitrogens with two attached hydrogens (primary N) is 1. The highest BCUT2D eigenvalue weighted by Crippen LogP contribution is 2.28. The monoisotopic (exact) mass is 350 g/mol. The minimum Gasteiger partial charge on any atom is -0.383 e. The first-order chi connectivity index (χ1) is 10.2. The van der Waals surface area contributed by atoms with Gasteiger partial charge in [-0.2, -0.15) is 10.2 Å². The number of methoxy groups -OCH3 is 1. The number of halogens is 1. The first-order valence-electron chi connectivity index (χ1n) is 6.45. The molecule has 0 amide bonds. The number of hydrogen-bond acceptors (Lipinski definition) is 5. The Morgan fingerprint density at radius 2 is 2.19 bits per heavy atom. The standard InChI is InChI=1S/C13H15BrN6O/c1-21-5-4-20-13(10(14)7-18-20)12(15)9-6-17-19-3-2-16-8-11(9)19/h2-3,6-8,12H,4-5,15H2,1H3. The van der Waals surface area contributed by atoms with Crippen LogP contribution in [0.25, 0.3) is 5.52 Å². The van der Waals surface area contributed by atoms with Gasteiger partial charge in [-0.15, -0.1) is 0 Å². The fourth-order valence-corrected chi connectivity index (χ4v) is 2.82. The lowest BCUT2D eigenvalue weighted by Crippen LogP contribution is -2.19. The van der Waals surface area contributed by atoms with Gasteiger partial charge in [-0.1, -0.05) is 0 Å². The van der Waals surface area contributed by atoms with E-state index < -0.39 is 0 Å². The third-order valence-corrected chi connectivity index (χ3v) is 3.94. The molecule has 21 heavy (non-hydrogen) atoms. The van der Waals surface area contributed by atoms with E-state index in [-0.39, 0.29) is 6.04 Å². The zero-order valence-corrected chi connectivity index (χ0v) is 13.1. The third kappa shape index (κ3) is 2.57. The molecular formula is C13H15BrN6O. The lowest BCUT2D eigenvalue weighted by molar-refractivity contribution is 0.182. The van der Waals surface area contributed by atoms with Gasteiger partial charge in [-0.05, 0) is 15.9 Å². The Balaban J connectivity index is 2.02. The normalized spacial score (nSPS) is 12.9. The van der Waals surface area contributed by atoms with Crippen molar-refractivity contribution in [2.75, 3.05) is 13.7 Å². The molecular weight excluding hydrogens is 336 g/mol. The Morgan fingerprint density at radius 1 is 1.33 bits per heavy atom. The Hall–Kier alpha value is -1.77. The van der Waals surface area contributed by atoms with Crippen molar-refractivity contribution in [2.45, 2.75) is 12.6 Å². The van der Waals surface area contributed by atoms with Crippen molar-refractivity contribution in [3.8, 4) is 0 Å². The van der Waals surface area contributed by atoms with Crippen molar-refractivity contribution in [3.05, 3.63) is 46.7 Å². The lowest BCUT2D eigenvalue weighted by Gasteiger charge is -2.14. The van der Waals surface area contributed by atoms with Crippen molar-refractivity contribution < 1.29 is 4.74 Å². The van der Waals surface area contributed by atoms with Gasteiger partial charge in [0.2, 0.25) is 0 Å². The fourth-order valence-electron chi connectivity index (χ4n) is 2.28. The quantitative estimate of drug-likeness (QED) is 0.751. The molecule has 1 unspecified atom stereocenters. The fraction of sp³-hybridized carbons (Fsp3) is 0.308. The smallest absolute Gasteiger partial charge is 0.0896 e. The van der Waals surface area contributed by atoms with Crippen LogP contribution >= 0.6 is 15.9 Å². The van der Waals surface area contributed by atoms with E-state index in [1.54, 1.807) is 42.6 Å². The van der Waals surface area contributed by atoms with Crippen LogP contribution in [0.15, 0.2) is 35.5 Å². The number of rotatable bonds is 5. The predicted octanol–water partition coefficient (Wildman–Crippen LogP) is 1.38. The Labute approximate surface area is 129 Å². The van der Waals surface area contributed by atoms with Gasteiger partial charge in [0.25, 0.3) is 0 Å². The van der Waals surface area contributed by atoms with Gasteiger partial charge < -0.3 is 10.5 Å². The van der Waals surface area contributed by atoms with Crippen molar-refractivity contribution in [1.29, 1.82) is 0 Å². The molecule has 0 aliphatic carbocycles. The summed E-state index contributed by atoms with van der Waals surface area (Å²) in [5.74, 6) is 0. The van der Waals surface area contributed by atoms with E-state index in [1.807, 2.05) is 4.68 Å². The van der Waals surface area contributed by atoms with Crippen LogP contribution in [0, 0.1) is 0 Å². The summed E-state index contributed by atoms with van der Waals surface area (Å²) >= 11 is 3.51. The number of hydrogen-bond donors (Lipinski definition) is 1. The summed E-state index contributed by atoms with van der Waals surface area (Å²) in [7, 11) is 1.66. The highest BCUT2D eigenvalue weighted by molar-refractivity contribution is 9.10. The molecule has 0 spiro atoms. The molecule has 0 bridgehead atoms. The molecule has 3 rings (SSSR count). The molecule has 2 N–H and O–H groups in total. The highest BCUT2D eigenvalue weighted by atomic mass is 79.9. The van der Waals surface area contributed by atoms with Gasteiger partial charge in [0.1, 0.15) is 0 Å². The maximum Gasteiger partial charge on any atom is 0.0896 e. The summed E-state index contributed by atoms with van der Waals surface area (Å²) in [5, 5.41) is 8.63. The molecule has 7 nitrogen and oxygen atoms in total. The second-order valence-corrected chi connectivity index (χ2v) is 5.43. The first-order valence-corrected chi connectivity index (χ1v) is 7.24. The number of nitrogens with zero attached hydrogens (tertiary/aromatic N) is 5. The van der Waals surface area contributed by atoms with Crippen LogP contribution in [-0.4, -0.2) is 38.1 Å². The molecule has 0 saturated heterocycles. The molecule has 0 fully saturated rings. The van der Waals surface area contributed by atoms with Crippen LogP contribution in [0.3, 0.4) is 0 Å². The number of aromatic nitrogens is 5. The number of fused-ring (bicyclic) bond motifs is 1. The maximum atomic E-state index is 6.43. The SMILES string of the molecule is COCCn1ncc(Br)c1C(N)c1cnn2ccncc12. The molecule has 110 valence electrons. The van der Waals surface area contributed by atoms with Gasteiger partial charge in [0.05, 0.1) is 53.5 Å². The van der Waals surface area contributed by atoms with E-state index in [2.05, 4.69) is 31.1 Å². The summed E-state index contributed by atoms with van der Waals surface area (Å²) in [6.45, 7) is 1.22. The molecule has 8 heteroatoms. The molecule has 3 heterocycles. The summed E-state index contributed by atoms with van der Waals surface area (Å²) < 4.78 is 9.58. The summed E-state index contributed by atoms with van der Waals surface area (Å²) in [5.41, 5.74) is 9.12. The van der Waals surface area contributed by atoms with Crippen molar-refractivity contribution in [1.82, 2.24) is 24.4 Å². The predicted molar refractivity (Wildman–Crippen MR) is 80.8 cm³/mol. The Bertz CT molecular complexity index is 752. The van der Waals surface area contributed by atoms with Gasteiger partial charge in [-0.25, -0.2) is 4.52 Å². The molecule has 0 aliphatic heterocycles. The molecule has 0 aliphatic rings. The summed E-state index contributed by atoms with van der Waals surface area (Å²) in [6, 6.07) is -0.347. The Kier molecular flexibility index (Phi) is 4.00. The third-order valence-electron chi connectivity index (χ3n) is 3.32. The van der Waals surface area contributed by atoms with Gasteiger partial charge in [0, 0.05) is 25.1 Å². The Morgan fingerprint density at radius 3 is 3.00 bits per heavy atom. The average Bonchev–Trinajstić information content (AvgIpc) is 3.08. The second-order valence-electron chi connectivity index (χ2n) is 4.58. The van der Waals surface area contributed by atoms with Gasteiger partial charge >= 0.3 is 0 Å². The van der Waals surface area contributed by atoms with Gasteiger partial charge in [-0.3, -0.25) is 9.67 Å². The van der Waals surface area contributed by atoms with Crippen LogP contribution in [0.2, 0.25) is 0 Å². The zero-order chi connectivity index (χ0) is 14.8. The van der Waals surface area contributed by atoms with E-state index in [0.717, 1.165) is 21.2 Å². The van der Waals surface area contributed by atoms with Crippen LogP contribution in [0.4, 0.5) is 0 Å². The van der Waals surface area contributed by atoms with E-state index in [9.17, 15) is 0 Å². The minimum atomic E-state index is -0.347. The summed E-state index contributed by atoms with van der Waals surface area (Å²) in [4.78, 5) is 4.13. The van der Waals surface area contributed by atoms with E-state index in [4.69, 9.17) is 10.5 Å². The van der Waals surface area contributed by atoms with Crippen LogP contribution < -0.4 is 5.73 Å². The van der Waals surface area contributed by atoms with Crippen LogP contribution in [0.1, 0.15) is 17.3 Å². The van der Waals surface area contributed by atoms with Gasteiger partial charge in [0.15, 0.2) is 0 Å². The first kappa shape index (κ1) is 14.2. The molecule has 0 saturated carbocycles. The molecule has 3 aromatic rings. The van der Waals surface area contributed by atoms with E-state index in [0.29, 0.717) is 13.2 Å². The highest BCUT2D eigenvalue weighted by Gasteiger charge is 2.21. The zero-order valence-electron chi connectivity index (χ0n) is 11.5. The average molecular weight is 351 g/mol. The lowest BCUT2D eigenvalue weighted by atomic mass is 10.1.